The highest BCUT2D eigenvalue weighted by atomic mass is 32.2. The molecule has 0 unspecified atom stereocenters. The van der Waals surface area contributed by atoms with E-state index in [1.165, 1.54) is 18.4 Å². The number of carbonyl (C=O) groups is 2. The molecule has 3 rings (SSSR count). The molecule has 124 valence electrons. The number of amides is 3. The summed E-state index contributed by atoms with van der Waals surface area (Å²) in [6, 6.07) is 3.31. The molecule has 0 atom stereocenters. The van der Waals surface area contributed by atoms with Crippen molar-refractivity contribution in [3.8, 4) is 10.4 Å². The van der Waals surface area contributed by atoms with Crippen LogP contribution in [0.3, 0.4) is 0 Å². The summed E-state index contributed by atoms with van der Waals surface area (Å²) < 4.78 is 0. The van der Waals surface area contributed by atoms with Crippen molar-refractivity contribution in [2.24, 2.45) is 0 Å². The molecular formula is C14H12N4O3S3. The molecular weight excluding hydrogens is 368 g/mol. The number of nitrogens with zero attached hydrogens (tertiary/aromatic N) is 1. The highest BCUT2D eigenvalue weighted by Crippen LogP contribution is 2.33. The predicted molar refractivity (Wildman–Crippen MR) is 96.9 cm³/mol. The Kier molecular flexibility index (Phi) is 4.97. The molecule has 0 aliphatic rings. The van der Waals surface area contributed by atoms with E-state index in [2.05, 4.69) is 20.6 Å². The van der Waals surface area contributed by atoms with Gasteiger partial charge >= 0.3 is 6.03 Å². The number of H-pyrrole nitrogens is 1. The maximum atomic E-state index is 12.4. The Morgan fingerprint density at radius 1 is 1.38 bits per heavy atom. The number of hydrogen-bond donors (Lipinski definition) is 3. The number of aromatic amines is 1. The molecule has 24 heavy (non-hydrogen) atoms. The van der Waals surface area contributed by atoms with Gasteiger partial charge in [-0.25, -0.2) is 9.78 Å². The van der Waals surface area contributed by atoms with Gasteiger partial charge in [0.2, 0.25) is 5.91 Å². The predicted octanol–water partition coefficient (Wildman–Crippen LogP) is 2.26. The van der Waals surface area contributed by atoms with Crippen LogP contribution in [0.25, 0.3) is 20.7 Å². The minimum atomic E-state index is -0.573. The Labute approximate surface area is 148 Å². The minimum absolute atomic E-state index is 0.0228. The monoisotopic (exact) mass is 380 g/mol. The van der Waals surface area contributed by atoms with Crippen molar-refractivity contribution >= 4 is 56.6 Å². The third-order valence-electron chi connectivity index (χ3n) is 3.03. The van der Waals surface area contributed by atoms with Gasteiger partial charge in [0, 0.05) is 22.9 Å². The van der Waals surface area contributed by atoms with Gasteiger partial charge in [-0.2, -0.15) is 0 Å². The highest BCUT2D eigenvalue weighted by molar-refractivity contribution is 7.99. The van der Waals surface area contributed by atoms with Gasteiger partial charge in [-0.05, 0) is 11.4 Å². The van der Waals surface area contributed by atoms with Crippen molar-refractivity contribution in [3.63, 3.8) is 0 Å². The summed E-state index contributed by atoms with van der Waals surface area (Å²) >= 11 is 4.01. The van der Waals surface area contributed by atoms with Gasteiger partial charge in [0.25, 0.3) is 5.56 Å². The van der Waals surface area contributed by atoms with E-state index in [0.29, 0.717) is 15.4 Å². The van der Waals surface area contributed by atoms with Crippen LogP contribution in [0.15, 0.2) is 32.8 Å². The number of hydrogen-bond acceptors (Lipinski definition) is 7. The van der Waals surface area contributed by atoms with E-state index >= 15 is 0 Å². The van der Waals surface area contributed by atoms with Gasteiger partial charge in [-0.1, -0.05) is 17.8 Å². The number of urea groups is 1. The van der Waals surface area contributed by atoms with Crippen LogP contribution in [-0.4, -0.2) is 34.7 Å². The number of imide groups is 1. The van der Waals surface area contributed by atoms with Crippen LogP contribution in [0.1, 0.15) is 0 Å². The number of thioether (sulfide) groups is 1. The average Bonchev–Trinajstić information content (AvgIpc) is 3.21. The lowest BCUT2D eigenvalue weighted by Gasteiger charge is -2.03. The number of fused-ring (bicyclic) bond motifs is 1. The van der Waals surface area contributed by atoms with Crippen molar-refractivity contribution in [2.75, 3.05) is 12.8 Å². The van der Waals surface area contributed by atoms with Crippen molar-refractivity contribution in [1.29, 1.82) is 0 Å². The van der Waals surface area contributed by atoms with E-state index in [-0.39, 0.29) is 11.3 Å². The van der Waals surface area contributed by atoms with Gasteiger partial charge in [-0.15, -0.1) is 22.7 Å². The molecule has 0 bridgehead atoms. The highest BCUT2D eigenvalue weighted by Gasteiger charge is 2.14. The second-order valence-corrected chi connectivity index (χ2v) is 7.36. The number of thiophene rings is 2. The number of aromatic nitrogens is 2. The molecule has 0 aliphatic heterocycles. The summed E-state index contributed by atoms with van der Waals surface area (Å²) in [5.41, 5.74) is 0.631. The molecule has 0 radical (unpaired) electrons. The summed E-state index contributed by atoms with van der Waals surface area (Å²) in [7, 11) is 1.42. The van der Waals surface area contributed by atoms with Crippen molar-refractivity contribution < 1.29 is 9.59 Å². The molecule has 0 saturated carbocycles. The molecule has 7 nitrogen and oxygen atoms in total. The summed E-state index contributed by atoms with van der Waals surface area (Å²) in [4.78, 5) is 43.7. The fourth-order valence-corrected chi connectivity index (χ4v) is 4.45. The van der Waals surface area contributed by atoms with Crippen LogP contribution in [0.2, 0.25) is 0 Å². The zero-order chi connectivity index (χ0) is 17.1. The molecule has 0 aromatic carbocycles. The van der Waals surface area contributed by atoms with Crippen LogP contribution in [0.4, 0.5) is 4.79 Å². The Hall–Kier alpha value is -2.17. The van der Waals surface area contributed by atoms with E-state index in [9.17, 15) is 14.4 Å². The first-order chi connectivity index (χ1) is 11.6. The average molecular weight is 380 g/mol. The molecule has 0 aliphatic carbocycles. The van der Waals surface area contributed by atoms with E-state index in [0.717, 1.165) is 22.2 Å². The first-order valence-corrected chi connectivity index (χ1v) is 9.52. The maximum absolute atomic E-state index is 12.4. The van der Waals surface area contributed by atoms with E-state index < -0.39 is 11.9 Å². The van der Waals surface area contributed by atoms with Crippen LogP contribution in [-0.2, 0) is 4.79 Å². The summed E-state index contributed by atoms with van der Waals surface area (Å²) in [6.07, 6.45) is 0. The van der Waals surface area contributed by atoms with E-state index in [1.807, 2.05) is 22.9 Å². The molecule has 3 amide bonds. The summed E-state index contributed by atoms with van der Waals surface area (Å²) in [5, 5.41) is 9.21. The summed E-state index contributed by atoms with van der Waals surface area (Å²) in [6.45, 7) is 0. The number of rotatable bonds is 4. The van der Waals surface area contributed by atoms with Gasteiger partial charge in [0.05, 0.1) is 11.1 Å². The SMILES string of the molecule is CNC(=O)NC(=O)CSc1nc2scc(-c3cccs3)c2c(=O)[nH]1. The Balaban J connectivity index is 1.81. The third kappa shape index (κ3) is 3.50. The minimum Gasteiger partial charge on any atom is -0.341 e. The van der Waals surface area contributed by atoms with Crippen molar-refractivity contribution in [2.45, 2.75) is 5.16 Å². The topological polar surface area (TPSA) is 104 Å². The Morgan fingerprint density at radius 3 is 2.92 bits per heavy atom. The zero-order valence-electron chi connectivity index (χ0n) is 12.4. The molecule has 3 heterocycles. The number of carbonyl (C=O) groups excluding carboxylic acids is 2. The quantitative estimate of drug-likeness (QED) is 0.476. The van der Waals surface area contributed by atoms with Gasteiger partial charge < -0.3 is 10.3 Å². The molecule has 10 heteroatoms. The van der Waals surface area contributed by atoms with Gasteiger partial charge in [-0.3, -0.25) is 14.9 Å². The second kappa shape index (κ2) is 7.16. The molecule has 3 aromatic rings. The largest absolute Gasteiger partial charge is 0.341 e. The van der Waals surface area contributed by atoms with Crippen molar-refractivity contribution in [1.82, 2.24) is 20.6 Å². The first kappa shape index (κ1) is 16.7. The fourth-order valence-electron chi connectivity index (χ4n) is 1.97. The molecule has 0 spiro atoms. The fraction of sp³-hybridized carbons (Fsp3) is 0.143. The third-order valence-corrected chi connectivity index (χ3v) is 5.68. The van der Waals surface area contributed by atoms with Gasteiger partial charge in [0.15, 0.2) is 5.16 Å². The second-order valence-electron chi connectivity index (χ2n) is 4.59. The van der Waals surface area contributed by atoms with E-state index in [1.54, 1.807) is 11.3 Å². The maximum Gasteiger partial charge on any atom is 0.321 e. The van der Waals surface area contributed by atoms with Crippen molar-refractivity contribution in [3.05, 3.63) is 33.2 Å². The lowest BCUT2D eigenvalue weighted by atomic mass is 10.2. The summed E-state index contributed by atoms with van der Waals surface area (Å²) in [5.74, 6) is -0.488. The molecule has 0 fully saturated rings. The molecule has 0 saturated heterocycles. The molecule has 3 N–H and O–H groups in total. The zero-order valence-corrected chi connectivity index (χ0v) is 14.9. The van der Waals surface area contributed by atoms with Gasteiger partial charge in [0.1, 0.15) is 4.83 Å². The normalized spacial score (nSPS) is 10.7. The Bertz CT molecular complexity index is 946. The van der Waals surface area contributed by atoms with Crippen LogP contribution < -0.4 is 16.2 Å². The smallest absolute Gasteiger partial charge is 0.321 e. The van der Waals surface area contributed by atoms with E-state index in [4.69, 9.17) is 0 Å². The lowest BCUT2D eigenvalue weighted by Crippen LogP contribution is -2.38. The van der Waals surface area contributed by atoms with Crippen LogP contribution in [0.5, 0.6) is 0 Å². The lowest BCUT2D eigenvalue weighted by molar-refractivity contribution is -0.117. The number of nitrogens with one attached hydrogen (secondary N) is 3. The first-order valence-electron chi connectivity index (χ1n) is 6.78. The molecule has 3 aromatic heterocycles. The van der Waals surface area contributed by atoms with Crippen LogP contribution in [0, 0.1) is 0 Å². The van der Waals surface area contributed by atoms with Crippen LogP contribution >= 0.6 is 34.4 Å². The Morgan fingerprint density at radius 2 is 2.21 bits per heavy atom. The standard InChI is InChI=1S/C14H12N4O3S3/c1-15-13(21)16-9(19)6-24-14-17-11(20)10-7(5-23-12(10)18-14)8-3-2-4-22-8/h2-5H,6H2,1H3,(H,17,18,20)(H2,15,16,19,21).